The van der Waals surface area contributed by atoms with Crippen LogP contribution in [0.3, 0.4) is 0 Å². The number of amides is 1. The molecule has 1 aliphatic heterocycles. The van der Waals surface area contributed by atoms with Crippen molar-refractivity contribution in [1.29, 1.82) is 0 Å². The fourth-order valence-corrected chi connectivity index (χ4v) is 2.39. The van der Waals surface area contributed by atoms with E-state index in [2.05, 4.69) is 14.8 Å². The Labute approximate surface area is 137 Å². The van der Waals surface area contributed by atoms with Crippen LogP contribution in [-0.2, 0) is 28.7 Å². The van der Waals surface area contributed by atoms with Crippen molar-refractivity contribution in [3.63, 3.8) is 0 Å². The van der Waals surface area contributed by atoms with Gasteiger partial charge in [0, 0.05) is 12.6 Å². The summed E-state index contributed by atoms with van der Waals surface area (Å²) in [7, 11) is 2.26. The molecule has 0 aromatic heterocycles. The normalized spacial score (nSPS) is 19.5. The molecule has 2 rings (SSSR count). The number of ether oxygens (including phenoxy) is 2. The maximum absolute atomic E-state index is 11.9. The first-order chi connectivity index (χ1) is 11.4. The number of methoxy groups -OCH3 is 2. The standard InChI is InChI=1S/C15H16N2O7/c1-8(18)16-10-6-4-9(5-7-10)11-12(14(19)22-2)17(21)24-13(11)15(20)23-3/h4-7,11,13H,1-3H3,(H,16,18)/t11-,13+/m0/s1. The molecule has 0 aliphatic carbocycles. The van der Waals surface area contributed by atoms with E-state index < -0.39 is 24.0 Å². The zero-order valence-electron chi connectivity index (χ0n) is 13.3. The molecule has 9 heteroatoms. The number of nitrogens with one attached hydrogen (secondary N) is 1. The molecule has 0 radical (unpaired) electrons. The number of anilines is 1. The van der Waals surface area contributed by atoms with E-state index in [0.29, 0.717) is 11.3 Å². The SMILES string of the molecule is COC(=O)C1=[N+]([O-])O[C@@H](C(=O)OC)[C@H]1c1ccc(NC(C)=O)cc1. The largest absolute Gasteiger partial charge is 0.468 e. The summed E-state index contributed by atoms with van der Waals surface area (Å²) in [6.07, 6.45) is -1.31. The number of hydrogen-bond donors (Lipinski definition) is 1. The van der Waals surface area contributed by atoms with E-state index in [-0.39, 0.29) is 16.5 Å². The van der Waals surface area contributed by atoms with Crippen molar-refractivity contribution >= 4 is 29.2 Å². The fraction of sp³-hybridized carbons (Fsp3) is 0.333. The second-order valence-electron chi connectivity index (χ2n) is 4.96. The molecular weight excluding hydrogens is 320 g/mol. The third kappa shape index (κ3) is 3.29. The highest BCUT2D eigenvalue weighted by molar-refractivity contribution is 6.37. The van der Waals surface area contributed by atoms with Crippen LogP contribution in [0.25, 0.3) is 0 Å². The highest BCUT2D eigenvalue weighted by Gasteiger charge is 2.50. The van der Waals surface area contributed by atoms with Gasteiger partial charge in [0.15, 0.2) is 6.10 Å². The van der Waals surface area contributed by atoms with Crippen molar-refractivity contribution in [2.45, 2.75) is 18.9 Å². The molecule has 1 aliphatic rings. The molecule has 0 unspecified atom stereocenters. The second kappa shape index (κ2) is 6.99. The lowest BCUT2D eigenvalue weighted by molar-refractivity contribution is -0.736. The van der Waals surface area contributed by atoms with E-state index in [4.69, 9.17) is 4.84 Å². The molecule has 1 heterocycles. The zero-order valence-corrected chi connectivity index (χ0v) is 13.3. The molecule has 1 amide bonds. The fourth-order valence-electron chi connectivity index (χ4n) is 2.39. The summed E-state index contributed by atoms with van der Waals surface area (Å²) in [4.78, 5) is 39.7. The van der Waals surface area contributed by atoms with E-state index in [9.17, 15) is 19.6 Å². The van der Waals surface area contributed by atoms with E-state index in [0.717, 1.165) is 14.2 Å². The molecule has 2 atom stereocenters. The molecule has 1 aromatic rings. The maximum atomic E-state index is 11.9. The van der Waals surface area contributed by atoms with Gasteiger partial charge >= 0.3 is 17.7 Å². The first-order valence-electron chi connectivity index (χ1n) is 6.93. The highest BCUT2D eigenvalue weighted by Crippen LogP contribution is 2.31. The van der Waals surface area contributed by atoms with Gasteiger partial charge in [0.25, 0.3) is 0 Å². The lowest BCUT2D eigenvalue weighted by Gasteiger charge is -2.17. The Balaban J connectivity index is 2.41. The summed E-state index contributed by atoms with van der Waals surface area (Å²) in [6.45, 7) is 1.37. The van der Waals surface area contributed by atoms with Crippen LogP contribution in [-0.4, -0.2) is 48.8 Å². The minimum absolute atomic E-state index is 0.0280. The third-order valence-corrected chi connectivity index (χ3v) is 3.42. The van der Waals surface area contributed by atoms with Gasteiger partial charge in [0.05, 0.1) is 19.1 Å². The van der Waals surface area contributed by atoms with Crippen molar-refractivity contribution in [3.8, 4) is 0 Å². The van der Waals surface area contributed by atoms with Crippen LogP contribution < -0.4 is 5.32 Å². The molecule has 1 N–H and O–H groups in total. The molecule has 1 aromatic carbocycles. The monoisotopic (exact) mass is 336 g/mol. The number of esters is 2. The van der Waals surface area contributed by atoms with Crippen LogP contribution in [0, 0.1) is 5.21 Å². The molecule has 0 saturated heterocycles. The van der Waals surface area contributed by atoms with E-state index >= 15 is 0 Å². The summed E-state index contributed by atoms with van der Waals surface area (Å²) in [5.41, 5.74) is 0.622. The van der Waals surface area contributed by atoms with Crippen LogP contribution >= 0.6 is 0 Å². The van der Waals surface area contributed by atoms with Crippen molar-refractivity contribution in [2.75, 3.05) is 19.5 Å². The Morgan fingerprint density at radius 2 is 1.79 bits per heavy atom. The average molecular weight is 336 g/mol. The maximum Gasteiger partial charge on any atom is 0.405 e. The zero-order chi connectivity index (χ0) is 17.9. The Hall–Kier alpha value is -3.10. The van der Waals surface area contributed by atoms with Gasteiger partial charge in [-0.2, -0.15) is 0 Å². The van der Waals surface area contributed by atoms with Crippen LogP contribution in [0.4, 0.5) is 5.69 Å². The summed E-state index contributed by atoms with van der Waals surface area (Å²) in [5, 5.41) is 14.5. The number of carbonyl (C=O) groups excluding carboxylic acids is 3. The van der Waals surface area contributed by atoms with E-state index in [1.54, 1.807) is 24.3 Å². The minimum Gasteiger partial charge on any atom is -0.468 e. The van der Waals surface area contributed by atoms with Gasteiger partial charge in [0.2, 0.25) is 5.91 Å². The predicted octanol–water partition coefficient (Wildman–Crippen LogP) is 0.340. The van der Waals surface area contributed by atoms with Crippen molar-refractivity contribution in [1.82, 2.24) is 0 Å². The summed E-state index contributed by atoms with van der Waals surface area (Å²) < 4.78 is 9.21. The molecule has 0 saturated carbocycles. The van der Waals surface area contributed by atoms with Gasteiger partial charge in [-0.3, -0.25) is 14.8 Å². The summed E-state index contributed by atoms with van der Waals surface area (Å²) in [6, 6.07) is 6.29. The van der Waals surface area contributed by atoms with Gasteiger partial charge < -0.3 is 19.6 Å². The van der Waals surface area contributed by atoms with Gasteiger partial charge in [-0.05, 0) is 17.7 Å². The van der Waals surface area contributed by atoms with Gasteiger partial charge in [-0.15, -0.1) is 0 Å². The third-order valence-electron chi connectivity index (χ3n) is 3.42. The van der Waals surface area contributed by atoms with Gasteiger partial charge in [-0.25, -0.2) is 4.79 Å². The topological polar surface area (TPSA) is 117 Å². The van der Waals surface area contributed by atoms with Crippen LogP contribution in [0.5, 0.6) is 0 Å². The van der Waals surface area contributed by atoms with E-state index in [1.165, 1.54) is 6.92 Å². The molecule has 24 heavy (non-hydrogen) atoms. The smallest absolute Gasteiger partial charge is 0.405 e. The van der Waals surface area contributed by atoms with Gasteiger partial charge in [0.1, 0.15) is 5.92 Å². The van der Waals surface area contributed by atoms with Crippen LogP contribution in [0.2, 0.25) is 0 Å². The lowest BCUT2D eigenvalue weighted by atomic mass is 9.89. The first-order valence-corrected chi connectivity index (χ1v) is 6.93. The highest BCUT2D eigenvalue weighted by atomic mass is 16.9. The quantitative estimate of drug-likeness (QED) is 0.622. The Morgan fingerprint density at radius 1 is 1.17 bits per heavy atom. The lowest BCUT2D eigenvalue weighted by Crippen LogP contribution is -2.33. The summed E-state index contributed by atoms with van der Waals surface area (Å²) >= 11 is 0. The molecule has 128 valence electrons. The molecule has 0 spiro atoms. The molecule has 0 fully saturated rings. The van der Waals surface area contributed by atoms with Crippen molar-refractivity contribution < 1.29 is 33.6 Å². The average Bonchev–Trinajstić information content (AvgIpc) is 2.91. The molecular formula is C15H16N2O7. The first kappa shape index (κ1) is 17.3. The number of benzene rings is 1. The number of nitrogens with zero attached hydrogens (tertiary/aromatic N) is 1. The van der Waals surface area contributed by atoms with Crippen molar-refractivity contribution in [2.24, 2.45) is 0 Å². The Kier molecular flexibility index (Phi) is 5.02. The van der Waals surface area contributed by atoms with Gasteiger partial charge in [-0.1, -0.05) is 12.1 Å². The Bertz CT molecular complexity index is 696. The summed E-state index contributed by atoms with van der Waals surface area (Å²) in [5.74, 6) is -2.95. The van der Waals surface area contributed by atoms with Crippen molar-refractivity contribution in [3.05, 3.63) is 35.0 Å². The number of rotatable bonds is 4. The molecule has 0 bridgehead atoms. The second-order valence-corrected chi connectivity index (χ2v) is 4.96. The predicted molar refractivity (Wildman–Crippen MR) is 81.0 cm³/mol. The minimum atomic E-state index is -1.31. The molecule has 9 nitrogen and oxygen atoms in total. The number of carbonyl (C=O) groups is 3. The Morgan fingerprint density at radius 3 is 2.29 bits per heavy atom. The number of hydrogen-bond acceptors (Lipinski definition) is 7. The van der Waals surface area contributed by atoms with E-state index in [1.807, 2.05) is 0 Å². The van der Waals surface area contributed by atoms with Crippen LogP contribution in [0.15, 0.2) is 24.3 Å². The van der Waals surface area contributed by atoms with Crippen LogP contribution in [0.1, 0.15) is 18.4 Å².